The molecule has 2 aliphatic rings. The largest absolute Gasteiger partial charge is 0.381 e. The van der Waals surface area contributed by atoms with Crippen molar-refractivity contribution in [3.05, 3.63) is 34.9 Å². The van der Waals surface area contributed by atoms with Gasteiger partial charge in [-0.3, -0.25) is 4.99 Å². The fourth-order valence-electron chi connectivity index (χ4n) is 3.68. The summed E-state index contributed by atoms with van der Waals surface area (Å²) in [5.74, 6) is 2.17. The van der Waals surface area contributed by atoms with Crippen LogP contribution in [0.4, 0.5) is 0 Å². The first kappa shape index (κ1) is 18.9. The summed E-state index contributed by atoms with van der Waals surface area (Å²) >= 11 is 8.59. The van der Waals surface area contributed by atoms with Crippen LogP contribution < -0.4 is 10.6 Å². The summed E-state index contributed by atoms with van der Waals surface area (Å²) in [4.78, 5) is 4.40. The van der Waals surface area contributed by atoms with Gasteiger partial charge in [0, 0.05) is 49.0 Å². The van der Waals surface area contributed by atoms with E-state index in [-0.39, 0.29) is 5.41 Å². The molecule has 0 aromatic heterocycles. The van der Waals surface area contributed by atoms with Crippen molar-refractivity contribution in [2.75, 3.05) is 39.1 Å². The molecule has 0 spiro atoms. The Balaban J connectivity index is 1.65. The van der Waals surface area contributed by atoms with E-state index in [9.17, 15) is 0 Å². The predicted molar refractivity (Wildman–Crippen MR) is 108 cm³/mol. The van der Waals surface area contributed by atoms with Crippen molar-refractivity contribution in [1.29, 1.82) is 0 Å². The van der Waals surface area contributed by atoms with Crippen molar-refractivity contribution < 1.29 is 4.74 Å². The first-order valence-corrected chi connectivity index (χ1v) is 10.5. The molecule has 2 N–H and O–H groups in total. The van der Waals surface area contributed by atoms with Crippen LogP contribution in [-0.4, -0.2) is 50.3 Å². The fraction of sp³-hybridized carbons (Fsp3) is 0.632. The molecule has 3 rings (SSSR count). The molecular weight excluding hydrogens is 354 g/mol. The highest BCUT2D eigenvalue weighted by Gasteiger charge is 2.36. The van der Waals surface area contributed by atoms with Crippen molar-refractivity contribution >= 4 is 29.3 Å². The van der Waals surface area contributed by atoms with Crippen molar-refractivity contribution in [3.63, 3.8) is 0 Å². The predicted octanol–water partition coefficient (Wildman–Crippen LogP) is 3.45. The molecule has 1 aromatic rings. The van der Waals surface area contributed by atoms with Crippen LogP contribution in [0, 0.1) is 0 Å². The SMILES string of the molecule is CN=C(NCC1CCCS1)NCC1(c2ccccc2Cl)CCOCC1. The minimum atomic E-state index is -0.00365. The molecule has 2 heterocycles. The van der Waals surface area contributed by atoms with Crippen LogP contribution in [0.1, 0.15) is 31.2 Å². The molecule has 0 bridgehead atoms. The third-order valence-electron chi connectivity index (χ3n) is 5.23. The smallest absolute Gasteiger partial charge is 0.191 e. The Morgan fingerprint density at radius 2 is 2.12 bits per heavy atom. The second kappa shape index (κ2) is 9.15. The zero-order valence-electron chi connectivity index (χ0n) is 14.9. The third kappa shape index (κ3) is 4.83. The van der Waals surface area contributed by atoms with Gasteiger partial charge >= 0.3 is 0 Å². The van der Waals surface area contributed by atoms with E-state index < -0.39 is 0 Å². The van der Waals surface area contributed by atoms with Crippen LogP contribution in [0.25, 0.3) is 0 Å². The highest BCUT2D eigenvalue weighted by Crippen LogP contribution is 2.38. The Kier molecular flexibility index (Phi) is 6.91. The van der Waals surface area contributed by atoms with E-state index in [2.05, 4.69) is 39.5 Å². The number of benzene rings is 1. The number of halogens is 1. The molecule has 0 aliphatic carbocycles. The van der Waals surface area contributed by atoms with Crippen LogP contribution in [0.3, 0.4) is 0 Å². The lowest BCUT2D eigenvalue weighted by molar-refractivity contribution is 0.0514. The third-order valence-corrected chi connectivity index (χ3v) is 6.96. The number of nitrogens with one attached hydrogen (secondary N) is 2. The minimum absolute atomic E-state index is 0.00365. The van der Waals surface area contributed by atoms with Crippen LogP contribution in [0.15, 0.2) is 29.3 Å². The van der Waals surface area contributed by atoms with Gasteiger partial charge in [-0.25, -0.2) is 0 Å². The maximum atomic E-state index is 6.53. The summed E-state index contributed by atoms with van der Waals surface area (Å²) < 4.78 is 5.61. The molecule has 2 fully saturated rings. The van der Waals surface area contributed by atoms with Gasteiger partial charge in [-0.2, -0.15) is 11.8 Å². The molecule has 1 aromatic carbocycles. The van der Waals surface area contributed by atoms with Gasteiger partial charge < -0.3 is 15.4 Å². The molecule has 4 nitrogen and oxygen atoms in total. The van der Waals surface area contributed by atoms with Gasteiger partial charge in [0.15, 0.2) is 5.96 Å². The Morgan fingerprint density at radius 3 is 2.80 bits per heavy atom. The summed E-state index contributed by atoms with van der Waals surface area (Å²) in [6.45, 7) is 3.35. The van der Waals surface area contributed by atoms with E-state index in [1.807, 2.05) is 19.2 Å². The minimum Gasteiger partial charge on any atom is -0.381 e. The molecule has 1 atom stereocenters. The molecule has 138 valence electrons. The topological polar surface area (TPSA) is 45.7 Å². The van der Waals surface area contributed by atoms with Gasteiger partial charge in [-0.15, -0.1) is 0 Å². The van der Waals surface area contributed by atoms with Gasteiger partial charge in [-0.1, -0.05) is 29.8 Å². The summed E-state index contributed by atoms with van der Waals surface area (Å²) in [6, 6.07) is 8.20. The molecule has 0 saturated carbocycles. The lowest BCUT2D eigenvalue weighted by Gasteiger charge is -2.38. The van der Waals surface area contributed by atoms with E-state index in [1.165, 1.54) is 24.2 Å². The van der Waals surface area contributed by atoms with Gasteiger partial charge in [0.2, 0.25) is 0 Å². The van der Waals surface area contributed by atoms with Crippen molar-refractivity contribution in [1.82, 2.24) is 10.6 Å². The standard InChI is InChI=1S/C19H28ClN3OS/c1-21-18(22-13-15-5-4-12-25-15)23-14-19(8-10-24-11-9-19)16-6-2-3-7-17(16)20/h2-3,6-7,15H,4-5,8-14H2,1H3,(H2,21,22,23). The maximum absolute atomic E-state index is 6.53. The molecule has 0 amide bonds. The average Bonchev–Trinajstić information content (AvgIpc) is 3.16. The Hall–Kier alpha value is -0.910. The molecule has 2 saturated heterocycles. The van der Waals surface area contributed by atoms with E-state index >= 15 is 0 Å². The van der Waals surface area contributed by atoms with Crippen molar-refractivity contribution in [2.24, 2.45) is 4.99 Å². The second-order valence-corrected chi connectivity index (χ2v) is 8.63. The van der Waals surface area contributed by atoms with Gasteiger partial charge in [0.1, 0.15) is 0 Å². The first-order chi connectivity index (χ1) is 12.2. The zero-order valence-corrected chi connectivity index (χ0v) is 16.5. The highest BCUT2D eigenvalue weighted by molar-refractivity contribution is 8.00. The number of ether oxygens (including phenoxy) is 1. The monoisotopic (exact) mass is 381 g/mol. The molecule has 25 heavy (non-hydrogen) atoms. The Labute approximate surface area is 160 Å². The van der Waals surface area contributed by atoms with Crippen LogP contribution >= 0.6 is 23.4 Å². The van der Waals surface area contributed by atoms with Crippen LogP contribution in [-0.2, 0) is 10.2 Å². The highest BCUT2D eigenvalue weighted by atomic mass is 35.5. The van der Waals surface area contributed by atoms with E-state index in [4.69, 9.17) is 16.3 Å². The molecular formula is C19H28ClN3OS. The summed E-state index contributed by atoms with van der Waals surface area (Å²) in [7, 11) is 1.84. The summed E-state index contributed by atoms with van der Waals surface area (Å²) in [5.41, 5.74) is 1.21. The van der Waals surface area contributed by atoms with Gasteiger partial charge in [0.25, 0.3) is 0 Å². The van der Waals surface area contributed by atoms with Crippen LogP contribution in [0.5, 0.6) is 0 Å². The summed E-state index contributed by atoms with van der Waals surface area (Å²) in [6.07, 6.45) is 4.58. The summed E-state index contributed by atoms with van der Waals surface area (Å²) in [5, 5.41) is 8.58. The number of hydrogen-bond acceptors (Lipinski definition) is 3. The number of nitrogens with zero attached hydrogens (tertiary/aromatic N) is 1. The first-order valence-electron chi connectivity index (χ1n) is 9.12. The number of rotatable bonds is 5. The van der Waals surface area contributed by atoms with E-state index in [0.29, 0.717) is 5.25 Å². The Morgan fingerprint density at radius 1 is 1.32 bits per heavy atom. The molecule has 0 radical (unpaired) electrons. The fourth-order valence-corrected chi connectivity index (χ4v) is 5.22. The average molecular weight is 382 g/mol. The van der Waals surface area contributed by atoms with Gasteiger partial charge in [-0.05, 0) is 43.1 Å². The van der Waals surface area contributed by atoms with Crippen molar-refractivity contribution in [2.45, 2.75) is 36.3 Å². The second-order valence-electron chi connectivity index (χ2n) is 6.81. The van der Waals surface area contributed by atoms with E-state index in [0.717, 1.165) is 50.1 Å². The maximum Gasteiger partial charge on any atom is 0.191 e. The number of guanidine groups is 1. The molecule has 1 unspecified atom stereocenters. The quantitative estimate of drug-likeness (QED) is 0.605. The van der Waals surface area contributed by atoms with Crippen LogP contribution in [0.2, 0.25) is 5.02 Å². The van der Waals surface area contributed by atoms with Crippen molar-refractivity contribution in [3.8, 4) is 0 Å². The molecule has 6 heteroatoms. The zero-order chi connectivity index (χ0) is 17.5. The number of hydrogen-bond donors (Lipinski definition) is 2. The lowest BCUT2D eigenvalue weighted by atomic mass is 9.74. The van der Waals surface area contributed by atoms with E-state index in [1.54, 1.807) is 0 Å². The number of thioether (sulfide) groups is 1. The normalized spacial score (nSPS) is 23.4. The number of aliphatic imine (C=N–C) groups is 1. The lowest BCUT2D eigenvalue weighted by Crippen LogP contribution is -2.49. The molecule has 2 aliphatic heterocycles. The Bertz CT molecular complexity index is 584. The van der Waals surface area contributed by atoms with Gasteiger partial charge in [0.05, 0.1) is 0 Å².